The Kier molecular flexibility index (Phi) is 4.01. The maximum Gasteiger partial charge on any atom is 0.126 e. The fourth-order valence-corrected chi connectivity index (χ4v) is 2.59. The van der Waals surface area contributed by atoms with E-state index in [1.165, 1.54) is 17.2 Å². The lowest BCUT2D eigenvalue weighted by atomic mass is 9.75. The molecular weight excluding hydrogens is 237 g/mol. The van der Waals surface area contributed by atoms with Crippen LogP contribution >= 0.6 is 0 Å². The molecule has 0 aromatic heterocycles. The maximum absolute atomic E-state index is 13.8. The van der Waals surface area contributed by atoms with Crippen LogP contribution in [0.2, 0.25) is 0 Å². The van der Waals surface area contributed by atoms with Gasteiger partial charge in [0, 0.05) is 12.0 Å². The summed E-state index contributed by atoms with van der Waals surface area (Å²) in [7, 11) is 0. The average molecular weight is 257 g/mol. The van der Waals surface area contributed by atoms with Crippen LogP contribution in [0.3, 0.4) is 0 Å². The largest absolute Gasteiger partial charge is 0.330 e. The van der Waals surface area contributed by atoms with Crippen molar-refractivity contribution in [2.75, 3.05) is 6.54 Å². The van der Waals surface area contributed by atoms with Gasteiger partial charge >= 0.3 is 0 Å². The summed E-state index contributed by atoms with van der Waals surface area (Å²) in [6.45, 7) is 4.67. The molecule has 2 heteroatoms. The van der Waals surface area contributed by atoms with E-state index in [1.54, 1.807) is 6.07 Å². The van der Waals surface area contributed by atoms with Gasteiger partial charge in [-0.05, 0) is 36.1 Å². The molecule has 0 aliphatic carbocycles. The molecule has 0 saturated carbocycles. The van der Waals surface area contributed by atoms with Gasteiger partial charge < -0.3 is 5.73 Å². The molecule has 0 radical (unpaired) electrons. The van der Waals surface area contributed by atoms with Crippen LogP contribution in [0.4, 0.5) is 4.39 Å². The smallest absolute Gasteiger partial charge is 0.126 e. The number of benzene rings is 2. The predicted molar refractivity (Wildman–Crippen MR) is 77.7 cm³/mol. The highest BCUT2D eigenvalue weighted by atomic mass is 19.1. The summed E-state index contributed by atoms with van der Waals surface area (Å²) in [5, 5.41) is 0. The van der Waals surface area contributed by atoms with Crippen LogP contribution in [0, 0.1) is 12.7 Å². The summed E-state index contributed by atoms with van der Waals surface area (Å²) in [5.41, 5.74) is 8.86. The topological polar surface area (TPSA) is 26.0 Å². The summed E-state index contributed by atoms with van der Waals surface area (Å²) >= 11 is 0. The minimum Gasteiger partial charge on any atom is -0.330 e. The van der Waals surface area contributed by atoms with Crippen molar-refractivity contribution >= 4 is 0 Å². The van der Waals surface area contributed by atoms with Crippen LogP contribution in [0.1, 0.15) is 23.6 Å². The standard InChI is InChI=1S/C17H20FN/c1-13-7-3-5-9-15(13)17(2,12-19)11-14-8-4-6-10-16(14)18/h3-10H,11-12,19H2,1-2H3. The molecule has 0 amide bonds. The van der Waals surface area contributed by atoms with Crippen LogP contribution in [-0.2, 0) is 11.8 Å². The fraction of sp³-hybridized carbons (Fsp3) is 0.294. The van der Waals surface area contributed by atoms with Gasteiger partial charge in [-0.3, -0.25) is 0 Å². The molecule has 1 unspecified atom stereocenters. The SMILES string of the molecule is Cc1ccccc1C(C)(CN)Cc1ccccc1F. The molecule has 100 valence electrons. The third-order valence-corrected chi connectivity index (χ3v) is 3.78. The second-order valence-corrected chi connectivity index (χ2v) is 5.35. The van der Waals surface area contributed by atoms with E-state index in [1.807, 2.05) is 24.3 Å². The van der Waals surface area contributed by atoms with E-state index in [4.69, 9.17) is 5.73 Å². The molecule has 0 spiro atoms. The lowest BCUT2D eigenvalue weighted by Gasteiger charge is -2.30. The summed E-state index contributed by atoms with van der Waals surface area (Å²) in [4.78, 5) is 0. The zero-order valence-corrected chi connectivity index (χ0v) is 11.5. The molecule has 0 fully saturated rings. The first-order chi connectivity index (χ1) is 9.07. The Labute approximate surface area is 114 Å². The van der Waals surface area contributed by atoms with Crippen molar-refractivity contribution in [2.45, 2.75) is 25.7 Å². The summed E-state index contributed by atoms with van der Waals surface area (Å²) in [6.07, 6.45) is 0.612. The molecule has 2 aromatic carbocycles. The van der Waals surface area contributed by atoms with Crippen LogP contribution in [0.15, 0.2) is 48.5 Å². The first-order valence-electron chi connectivity index (χ1n) is 6.56. The Hall–Kier alpha value is -1.67. The van der Waals surface area contributed by atoms with Gasteiger partial charge in [0.1, 0.15) is 5.82 Å². The minimum absolute atomic E-state index is 0.157. The zero-order valence-electron chi connectivity index (χ0n) is 11.5. The molecule has 2 aromatic rings. The molecule has 1 atom stereocenters. The van der Waals surface area contributed by atoms with Gasteiger partial charge in [0.15, 0.2) is 0 Å². The third-order valence-electron chi connectivity index (χ3n) is 3.78. The molecule has 2 rings (SSSR count). The molecule has 2 N–H and O–H groups in total. The van der Waals surface area contributed by atoms with Gasteiger partial charge in [0.2, 0.25) is 0 Å². The normalized spacial score (nSPS) is 14.1. The van der Waals surface area contributed by atoms with E-state index in [9.17, 15) is 4.39 Å². The predicted octanol–water partition coefficient (Wildman–Crippen LogP) is 3.59. The second kappa shape index (κ2) is 5.54. The Balaban J connectivity index is 2.39. The van der Waals surface area contributed by atoms with E-state index in [0.717, 1.165) is 5.56 Å². The van der Waals surface area contributed by atoms with Gasteiger partial charge in [0.05, 0.1) is 0 Å². The number of halogens is 1. The molecule has 0 aliphatic heterocycles. The molecule has 0 bridgehead atoms. The van der Waals surface area contributed by atoms with Crippen LogP contribution in [0.5, 0.6) is 0 Å². The molecule has 1 nitrogen and oxygen atoms in total. The number of hydrogen-bond acceptors (Lipinski definition) is 1. The molecule has 19 heavy (non-hydrogen) atoms. The van der Waals surface area contributed by atoms with Crippen molar-refractivity contribution in [3.8, 4) is 0 Å². The molecular formula is C17H20FN. The number of hydrogen-bond donors (Lipinski definition) is 1. The number of aryl methyl sites for hydroxylation is 1. The van der Waals surface area contributed by atoms with E-state index >= 15 is 0 Å². The lowest BCUT2D eigenvalue weighted by Crippen LogP contribution is -2.35. The quantitative estimate of drug-likeness (QED) is 0.890. The van der Waals surface area contributed by atoms with Gasteiger partial charge in [-0.25, -0.2) is 4.39 Å². The zero-order chi connectivity index (χ0) is 13.9. The highest BCUT2D eigenvalue weighted by molar-refractivity contribution is 5.35. The van der Waals surface area contributed by atoms with Crippen LogP contribution in [-0.4, -0.2) is 6.54 Å². The Morgan fingerprint density at radius 2 is 1.68 bits per heavy atom. The summed E-state index contributed by atoms with van der Waals surface area (Å²) < 4.78 is 13.8. The van der Waals surface area contributed by atoms with Gasteiger partial charge in [-0.1, -0.05) is 49.4 Å². The minimum atomic E-state index is -0.243. The van der Waals surface area contributed by atoms with Crippen molar-refractivity contribution < 1.29 is 4.39 Å². The summed E-state index contributed by atoms with van der Waals surface area (Å²) in [6, 6.07) is 15.1. The molecule has 0 saturated heterocycles. The first-order valence-corrected chi connectivity index (χ1v) is 6.56. The van der Waals surface area contributed by atoms with Gasteiger partial charge in [-0.2, -0.15) is 0 Å². The van der Waals surface area contributed by atoms with E-state index in [-0.39, 0.29) is 11.2 Å². The summed E-state index contributed by atoms with van der Waals surface area (Å²) in [5.74, 6) is -0.157. The van der Waals surface area contributed by atoms with Gasteiger partial charge in [-0.15, -0.1) is 0 Å². The van der Waals surface area contributed by atoms with Crippen molar-refractivity contribution in [2.24, 2.45) is 5.73 Å². The van der Waals surface area contributed by atoms with Crippen LogP contribution in [0.25, 0.3) is 0 Å². The average Bonchev–Trinajstić information content (AvgIpc) is 2.42. The van der Waals surface area contributed by atoms with E-state index in [2.05, 4.69) is 26.0 Å². The third kappa shape index (κ3) is 2.85. The van der Waals surface area contributed by atoms with Crippen molar-refractivity contribution in [3.63, 3.8) is 0 Å². The Morgan fingerprint density at radius 3 is 2.32 bits per heavy atom. The van der Waals surface area contributed by atoms with Crippen LogP contribution < -0.4 is 5.73 Å². The number of rotatable bonds is 4. The monoisotopic (exact) mass is 257 g/mol. The molecule has 0 heterocycles. The van der Waals surface area contributed by atoms with Crippen molar-refractivity contribution in [1.82, 2.24) is 0 Å². The molecule has 0 aliphatic rings. The number of nitrogens with two attached hydrogens (primary N) is 1. The van der Waals surface area contributed by atoms with Gasteiger partial charge in [0.25, 0.3) is 0 Å². The van der Waals surface area contributed by atoms with Crippen molar-refractivity contribution in [3.05, 3.63) is 71.0 Å². The van der Waals surface area contributed by atoms with Crippen molar-refractivity contribution in [1.29, 1.82) is 0 Å². The maximum atomic E-state index is 13.8. The Morgan fingerprint density at radius 1 is 1.05 bits per heavy atom. The Bertz CT molecular complexity index is 565. The fourth-order valence-electron chi connectivity index (χ4n) is 2.59. The highest BCUT2D eigenvalue weighted by Gasteiger charge is 2.27. The first kappa shape index (κ1) is 13.8. The van der Waals surface area contributed by atoms with E-state index < -0.39 is 0 Å². The lowest BCUT2D eigenvalue weighted by molar-refractivity contribution is 0.465. The second-order valence-electron chi connectivity index (χ2n) is 5.35. The van der Waals surface area contributed by atoms with E-state index in [0.29, 0.717) is 13.0 Å². The highest BCUT2D eigenvalue weighted by Crippen LogP contribution is 2.30.